The number of benzene rings is 1. The summed E-state index contributed by atoms with van der Waals surface area (Å²) in [6.45, 7) is 4.12. The van der Waals surface area contributed by atoms with Gasteiger partial charge in [0.15, 0.2) is 0 Å². The summed E-state index contributed by atoms with van der Waals surface area (Å²) in [5.74, 6) is -0.146. The molecule has 1 fully saturated rings. The fourth-order valence-corrected chi connectivity index (χ4v) is 2.46. The third-order valence-electron chi connectivity index (χ3n) is 3.74. The molecule has 3 rings (SSSR count). The van der Waals surface area contributed by atoms with E-state index in [4.69, 9.17) is 5.11 Å². The molecule has 1 aliphatic carbocycles. The zero-order valence-corrected chi connectivity index (χ0v) is 11.0. The van der Waals surface area contributed by atoms with Crippen LogP contribution in [-0.2, 0) is 4.79 Å². The molecule has 0 bridgehead atoms. The SMILES string of the molecule is Cc1ccc(C)c(-c2cnc(C3CC3C(=O)O)[nH]2)c1. The van der Waals surface area contributed by atoms with Gasteiger partial charge in [-0.3, -0.25) is 4.79 Å². The number of aliphatic carboxylic acids is 1. The second-order valence-electron chi connectivity index (χ2n) is 5.29. The first-order valence-electron chi connectivity index (χ1n) is 6.41. The normalized spacial score (nSPS) is 21.4. The van der Waals surface area contributed by atoms with Gasteiger partial charge in [0.05, 0.1) is 17.8 Å². The monoisotopic (exact) mass is 256 g/mol. The summed E-state index contributed by atoms with van der Waals surface area (Å²) < 4.78 is 0. The molecule has 0 radical (unpaired) electrons. The van der Waals surface area contributed by atoms with Gasteiger partial charge in [-0.25, -0.2) is 4.98 Å². The molecular formula is C15H16N2O2. The predicted octanol–water partition coefficient (Wildman–Crippen LogP) is 2.88. The standard InChI is InChI=1S/C15H16N2O2/c1-8-3-4-9(2)10(5-8)13-7-16-14(17-13)11-6-12(11)15(18)19/h3-5,7,11-12H,6H2,1-2H3,(H,16,17)(H,18,19). The number of hydrogen-bond acceptors (Lipinski definition) is 2. The molecule has 1 aromatic carbocycles. The lowest BCUT2D eigenvalue weighted by Crippen LogP contribution is -1.99. The van der Waals surface area contributed by atoms with Crippen molar-refractivity contribution in [1.29, 1.82) is 0 Å². The summed E-state index contributed by atoms with van der Waals surface area (Å²) in [4.78, 5) is 18.5. The number of aromatic amines is 1. The summed E-state index contributed by atoms with van der Waals surface area (Å²) >= 11 is 0. The first-order valence-corrected chi connectivity index (χ1v) is 6.41. The van der Waals surface area contributed by atoms with Crippen LogP contribution in [0.2, 0.25) is 0 Å². The van der Waals surface area contributed by atoms with Crippen molar-refractivity contribution in [2.45, 2.75) is 26.2 Å². The van der Waals surface area contributed by atoms with Gasteiger partial charge in [-0.1, -0.05) is 17.7 Å². The van der Waals surface area contributed by atoms with E-state index in [-0.39, 0.29) is 11.8 Å². The van der Waals surface area contributed by atoms with Crippen molar-refractivity contribution in [1.82, 2.24) is 9.97 Å². The number of carboxylic acid groups (broad SMARTS) is 1. The Morgan fingerprint density at radius 1 is 1.42 bits per heavy atom. The Kier molecular flexibility index (Phi) is 2.66. The largest absolute Gasteiger partial charge is 0.481 e. The average Bonchev–Trinajstić information content (AvgIpc) is 3.04. The summed E-state index contributed by atoms with van der Waals surface area (Å²) in [7, 11) is 0. The third kappa shape index (κ3) is 2.14. The molecule has 2 N–H and O–H groups in total. The molecule has 0 aliphatic heterocycles. The quantitative estimate of drug-likeness (QED) is 0.887. The maximum atomic E-state index is 10.9. The Hall–Kier alpha value is -2.10. The number of H-pyrrole nitrogens is 1. The first kappa shape index (κ1) is 12.0. The lowest BCUT2D eigenvalue weighted by atomic mass is 10.0. The molecule has 1 aliphatic rings. The van der Waals surface area contributed by atoms with Crippen LogP contribution in [0.15, 0.2) is 24.4 Å². The minimum absolute atomic E-state index is 0.0522. The minimum atomic E-state index is -0.727. The fraction of sp³-hybridized carbons (Fsp3) is 0.333. The lowest BCUT2D eigenvalue weighted by molar-refractivity contribution is -0.138. The Labute approximate surface area is 111 Å². The molecule has 1 saturated carbocycles. The maximum absolute atomic E-state index is 10.9. The van der Waals surface area contributed by atoms with Gasteiger partial charge in [0, 0.05) is 11.5 Å². The number of nitrogens with zero attached hydrogens (tertiary/aromatic N) is 1. The van der Waals surface area contributed by atoms with E-state index in [1.54, 1.807) is 6.20 Å². The summed E-state index contributed by atoms with van der Waals surface area (Å²) in [6.07, 6.45) is 2.49. The molecule has 0 spiro atoms. The van der Waals surface area contributed by atoms with Crippen LogP contribution in [0, 0.1) is 19.8 Å². The molecule has 2 unspecified atom stereocenters. The maximum Gasteiger partial charge on any atom is 0.307 e. The molecule has 4 nitrogen and oxygen atoms in total. The van der Waals surface area contributed by atoms with E-state index in [2.05, 4.69) is 42.0 Å². The van der Waals surface area contributed by atoms with Crippen LogP contribution in [0.5, 0.6) is 0 Å². The van der Waals surface area contributed by atoms with Gasteiger partial charge < -0.3 is 10.1 Å². The first-order chi connectivity index (χ1) is 9.06. The number of carbonyl (C=O) groups is 1. The van der Waals surface area contributed by atoms with Crippen LogP contribution in [0.25, 0.3) is 11.3 Å². The number of hydrogen-bond donors (Lipinski definition) is 2. The van der Waals surface area contributed by atoms with E-state index >= 15 is 0 Å². The van der Waals surface area contributed by atoms with Crippen LogP contribution < -0.4 is 0 Å². The zero-order chi connectivity index (χ0) is 13.6. The van der Waals surface area contributed by atoms with E-state index in [9.17, 15) is 4.79 Å². The van der Waals surface area contributed by atoms with E-state index in [0.29, 0.717) is 6.42 Å². The molecule has 2 atom stereocenters. The molecule has 19 heavy (non-hydrogen) atoms. The second kappa shape index (κ2) is 4.23. The van der Waals surface area contributed by atoms with Crippen molar-refractivity contribution in [3.8, 4) is 11.3 Å². The van der Waals surface area contributed by atoms with Gasteiger partial charge in [-0.2, -0.15) is 0 Å². The van der Waals surface area contributed by atoms with Crippen molar-refractivity contribution in [2.75, 3.05) is 0 Å². The highest BCUT2D eigenvalue weighted by Gasteiger charge is 2.46. The highest BCUT2D eigenvalue weighted by Crippen LogP contribution is 2.46. The molecule has 2 aromatic rings. The van der Waals surface area contributed by atoms with Gasteiger partial charge in [0.25, 0.3) is 0 Å². The molecule has 98 valence electrons. The van der Waals surface area contributed by atoms with Gasteiger partial charge in [0.1, 0.15) is 5.82 Å². The Morgan fingerprint density at radius 2 is 2.21 bits per heavy atom. The fourth-order valence-electron chi connectivity index (χ4n) is 2.46. The van der Waals surface area contributed by atoms with Crippen molar-refractivity contribution < 1.29 is 9.90 Å². The number of nitrogens with one attached hydrogen (secondary N) is 1. The Bertz CT molecular complexity index is 645. The number of imidazole rings is 1. The van der Waals surface area contributed by atoms with Crippen molar-refractivity contribution >= 4 is 5.97 Å². The summed E-state index contributed by atoms with van der Waals surface area (Å²) in [6, 6.07) is 6.29. The van der Waals surface area contributed by atoms with Gasteiger partial charge in [-0.05, 0) is 31.9 Å². The smallest absolute Gasteiger partial charge is 0.307 e. The number of rotatable bonds is 3. The van der Waals surface area contributed by atoms with Crippen LogP contribution in [-0.4, -0.2) is 21.0 Å². The van der Waals surface area contributed by atoms with E-state index in [1.807, 2.05) is 0 Å². The Morgan fingerprint density at radius 3 is 2.89 bits per heavy atom. The second-order valence-corrected chi connectivity index (χ2v) is 5.29. The number of carboxylic acids is 1. The van der Waals surface area contributed by atoms with Crippen molar-refractivity contribution in [3.05, 3.63) is 41.3 Å². The van der Waals surface area contributed by atoms with Crippen molar-refractivity contribution in [3.63, 3.8) is 0 Å². The van der Waals surface area contributed by atoms with E-state index in [1.165, 1.54) is 11.1 Å². The van der Waals surface area contributed by atoms with Crippen LogP contribution in [0.1, 0.15) is 29.3 Å². The van der Waals surface area contributed by atoms with Crippen LogP contribution in [0.4, 0.5) is 0 Å². The summed E-state index contributed by atoms with van der Waals surface area (Å²) in [5.41, 5.74) is 4.48. The molecular weight excluding hydrogens is 240 g/mol. The highest BCUT2D eigenvalue weighted by atomic mass is 16.4. The van der Waals surface area contributed by atoms with Crippen molar-refractivity contribution in [2.24, 2.45) is 5.92 Å². The predicted molar refractivity (Wildman–Crippen MR) is 72.0 cm³/mol. The van der Waals surface area contributed by atoms with Gasteiger partial charge in [0.2, 0.25) is 0 Å². The molecule has 1 heterocycles. The minimum Gasteiger partial charge on any atom is -0.481 e. The molecule has 1 aromatic heterocycles. The van der Waals surface area contributed by atoms with Gasteiger partial charge >= 0.3 is 5.97 Å². The Balaban J connectivity index is 1.90. The highest BCUT2D eigenvalue weighted by molar-refractivity contribution is 5.75. The lowest BCUT2D eigenvalue weighted by Gasteiger charge is -2.04. The number of aryl methyl sites for hydroxylation is 2. The topological polar surface area (TPSA) is 66.0 Å². The van der Waals surface area contributed by atoms with E-state index in [0.717, 1.165) is 17.1 Å². The molecule has 0 saturated heterocycles. The van der Waals surface area contributed by atoms with Crippen LogP contribution in [0.3, 0.4) is 0 Å². The molecule has 0 amide bonds. The van der Waals surface area contributed by atoms with Gasteiger partial charge in [-0.15, -0.1) is 0 Å². The average molecular weight is 256 g/mol. The number of aromatic nitrogens is 2. The zero-order valence-electron chi connectivity index (χ0n) is 11.0. The third-order valence-corrected chi connectivity index (χ3v) is 3.74. The summed E-state index contributed by atoms with van der Waals surface area (Å²) in [5, 5.41) is 8.95. The van der Waals surface area contributed by atoms with E-state index < -0.39 is 5.97 Å². The van der Waals surface area contributed by atoms with Crippen LogP contribution >= 0.6 is 0 Å². The molecule has 4 heteroatoms.